The van der Waals surface area contributed by atoms with E-state index in [0.717, 1.165) is 25.7 Å². The van der Waals surface area contributed by atoms with Crippen LogP contribution in [0, 0.1) is 0 Å². The van der Waals surface area contributed by atoms with Crippen molar-refractivity contribution in [3.8, 4) is 0 Å². The number of carbonyl (C=O) groups is 3. The smallest absolute Gasteiger partial charge is 0.291 e. The summed E-state index contributed by atoms with van der Waals surface area (Å²) in [5.41, 5.74) is 5.43. The van der Waals surface area contributed by atoms with E-state index >= 15 is 0 Å². The van der Waals surface area contributed by atoms with Crippen LogP contribution >= 0.6 is 0 Å². The van der Waals surface area contributed by atoms with E-state index in [1.54, 1.807) is 11.9 Å². The number of likely N-dealkylation sites (tertiary alicyclic amines) is 1. The van der Waals surface area contributed by atoms with E-state index in [0.29, 0.717) is 19.4 Å². The highest BCUT2D eigenvalue weighted by Crippen LogP contribution is 2.27. The van der Waals surface area contributed by atoms with Gasteiger partial charge < -0.3 is 10.6 Å². The van der Waals surface area contributed by atoms with E-state index in [1.165, 1.54) is 0 Å². The van der Waals surface area contributed by atoms with Gasteiger partial charge in [0.05, 0.1) is 12.1 Å². The number of primary amides is 1. The van der Waals surface area contributed by atoms with Crippen LogP contribution in [0.4, 0.5) is 0 Å². The number of nitrogens with zero attached hydrogens (tertiary/aromatic N) is 2. The summed E-state index contributed by atoms with van der Waals surface area (Å²) in [7, 11) is 1.69. The fraction of sp³-hybridized carbons (Fsp3) is 0.800. The highest BCUT2D eigenvalue weighted by atomic mass is 16.2. The molecule has 6 nitrogen and oxygen atoms in total. The van der Waals surface area contributed by atoms with Gasteiger partial charge in [-0.3, -0.25) is 19.3 Å². The molecule has 0 radical (unpaired) electrons. The Kier molecular flexibility index (Phi) is 4.98. The first-order valence-corrected chi connectivity index (χ1v) is 7.83. The number of carbonyl (C=O) groups excluding carboxylic acids is 3. The van der Waals surface area contributed by atoms with E-state index in [1.807, 2.05) is 11.8 Å². The lowest BCUT2D eigenvalue weighted by Crippen LogP contribution is -2.53. The third-order valence-electron chi connectivity index (χ3n) is 4.51. The molecule has 6 heteroatoms. The summed E-state index contributed by atoms with van der Waals surface area (Å²) in [5.74, 6) is -1.21. The molecule has 2 fully saturated rings. The van der Waals surface area contributed by atoms with Gasteiger partial charge in [-0.05, 0) is 38.6 Å². The van der Waals surface area contributed by atoms with E-state index in [-0.39, 0.29) is 11.8 Å². The number of Topliss-reactive ketones (excluding diaryl/α,β-unsaturated/α-hetero) is 1. The van der Waals surface area contributed by atoms with Crippen molar-refractivity contribution in [2.75, 3.05) is 13.6 Å². The minimum absolute atomic E-state index is 0.217. The molecule has 0 aromatic heterocycles. The fourth-order valence-corrected chi connectivity index (χ4v) is 3.13. The number of likely N-dealkylation sites (N-methyl/N-ethyl adjacent to an activating group) is 1. The Labute approximate surface area is 125 Å². The van der Waals surface area contributed by atoms with Crippen LogP contribution < -0.4 is 5.73 Å². The fourth-order valence-electron chi connectivity index (χ4n) is 3.13. The first-order chi connectivity index (χ1) is 9.97. The van der Waals surface area contributed by atoms with Gasteiger partial charge >= 0.3 is 0 Å². The summed E-state index contributed by atoms with van der Waals surface area (Å²) in [5, 5.41) is 0. The Hall–Kier alpha value is -1.43. The number of hydrogen-bond acceptors (Lipinski definition) is 4. The first-order valence-electron chi connectivity index (χ1n) is 7.83. The average Bonchev–Trinajstić information content (AvgIpc) is 3.19. The molecule has 1 saturated carbocycles. The standard InChI is InChI=1S/C15H25N3O3/c1-3-5-11(18-9-4-6-12(18)14(16)20)13(19)15(21)17(2)10-7-8-10/h10-12H,3-9H2,1-2H3,(H2,16,20)/t11-,12?/m0/s1. The molecule has 1 unspecified atom stereocenters. The molecule has 0 aromatic rings. The molecule has 1 aliphatic heterocycles. The highest BCUT2D eigenvalue weighted by molar-refractivity contribution is 6.38. The molecule has 2 atom stereocenters. The molecule has 2 amide bonds. The van der Waals surface area contributed by atoms with Crippen molar-refractivity contribution in [1.82, 2.24) is 9.80 Å². The van der Waals surface area contributed by atoms with Gasteiger partial charge in [0.15, 0.2) is 0 Å². The summed E-state index contributed by atoms with van der Waals surface area (Å²) < 4.78 is 0. The number of nitrogens with two attached hydrogens (primary N) is 1. The van der Waals surface area contributed by atoms with E-state index in [4.69, 9.17) is 5.73 Å². The molecule has 2 N–H and O–H groups in total. The van der Waals surface area contributed by atoms with Crippen molar-refractivity contribution in [1.29, 1.82) is 0 Å². The first kappa shape index (κ1) is 15.9. The average molecular weight is 295 g/mol. The molecule has 0 bridgehead atoms. The topological polar surface area (TPSA) is 83.7 Å². The molecular weight excluding hydrogens is 270 g/mol. The predicted molar refractivity (Wildman–Crippen MR) is 78.4 cm³/mol. The quantitative estimate of drug-likeness (QED) is 0.684. The third-order valence-corrected chi connectivity index (χ3v) is 4.51. The molecule has 2 rings (SSSR count). The van der Waals surface area contributed by atoms with Gasteiger partial charge in [-0.15, -0.1) is 0 Å². The van der Waals surface area contributed by atoms with Crippen LogP contribution in [-0.2, 0) is 14.4 Å². The maximum absolute atomic E-state index is 12.6. The van der Waals surface area contributed by atoms with Crippen molar-refractivity contribution in [2.45, 2.75) is 63.6 Å². The van der Waals surface area contributed by atoms with E-state index in [9.17, 15) is 14.4 Å². The number of ketones is 1. The maximum Gasteiger partial charge on any atom is 0.291 e. The predicted octanol–water partition coefficient (Wildman–Crippen LogP) is 0.295. The third kappa shape index (κ3) is 3.43. The zero-order chi connectivity index (χ0) is 15.6. The van der Waals surface area contributed by atoms with Crippen LogP contribution in [-0.4, -0.2) is 59.1 Å². The molecule has 1 aliphatic carbocycles. The largest absolute Gasteiger partial charge is 0.368 e. The van der Waals surface area contributed by atoms with Crippen molar-refractivity contribution in [3.63, 3.8) is 0 Å². The van der Waals surface area contributed by atoms with E-state index < -0.39 is 23.9 Å². The van der Waals surface area contributed by atoms with Gasteiger partial charge in [-0.2, -0.15) is 0 Å². The van der Waals surface area contributed by atoms with Gasteiger partial charge in [0.25, 0.3) is 5.91 Å². The van der Waals surface area contributed by atoms with Crippen LogP contribution in [0.2, 0.25) is 0 Å². The molecule has 2 aliphatic rings. The van der Waals surface area contributed by atoms with Crippen LogP contribution in [0.5, 0.6) is 0 Å². The molecule has 0 aromatic carbocycles. The zero-order valence-corrected chi connectivity index (χ0v) is 12.9. The van der Waals surface area contributed by atoms with E-state index in [2.05, 4.69) is 0 Å². The molecule has 1 saturated heterocycles. The number of amides is 2. The number of hydrogen-bond donors (Lipinski definition) is 1. The minimum atomic E-state index is -0.510. The van der Waals surface area contributed by atoms with Gasteiger partial charge in [0.2, 0.25) is 11.7 Å². The number of rotatable bonds is 7. The Morgan fingerprint density at radius 1 is 1.29 bits per heavy atom. The van der Waals surface area contributed by atoms with Gasteiger partial charge in [-0.25, -0.2) is 0 Å². The van der Waals surface area contributed by atoms with Gasteiger partial charge in [0.1, 0.15) is 0 Å². The van der Waals surface area contributed by atoms with Gasteiger partial charge in [0, 0.05) is 13.1 Å². The Morgan fingerprint density at radius 2 is 1.95 bits per heavy atom. The Bertz CT molecular complexity index is 434. The minimum Gasteiger partial charge on any atom is -0.368 e. The van der Waals surface area contributed by atoms with Crippen molar-refractivity contribution in [2.24, 2.45) is 5.73 Å². The Balaban J connectivity index is 2.11. The molecule has 0 spiro atoms. The van der Waals surface area contributed by atoms with Crippen molar-refractivity contribution >= 4 is 17.6 Å². The van der Waals surface area contributed by atoms with Crippen LogP contribution in [0.1, 0.15) is 45.4 Å². The van der Waals surface area contributed by atoms with Crippen LogP contribution in [0.25, 0.3) is 0 Å². The SMILES string of the molecule is CCC[C@@H](C(=O)C(=O)N(C)C1CC1)N1CCCC1C(N)=O. The normalized spacial score (nSPS) is 23.8. The molecular formula is C15H25N3O3. The Morgan fingerprint density at radius 3 is 2.48 bits per heavy atom. The maximum atomic E-state index is 12.6. The summed E-state index contributed by atoms with van der Waals surface area (Å²) in [6, 6.07) is -0.706. The summed E-state index contributed by atoms with van der Waals surface area (Å²) in [6.45, 7) is 2.63. The summed E-state index contributed by atoms with van der Waals surface area (Å²) in [6.07, 6.45) is 4.85. The lowest BCUT2D eigenvalue weighted by molar-refractivity contribution is -0.147. The summed E-state index contributed by atoms with van der Waals surface area (Å²) >= 11 is 0. The highest BCUT2D eigenvalue weighted by Gasteiger charge is 2.41. The van der Waals surface area contributed by atoms with Crippen molar-refractivity contribution in [3.05, 3.63) is 0 Å². The summed E-state index contributed by atoms with van der Waals surface area (Å²) in [4.78, 5) is 39.8. The van der Waals surface area contributed by atoms with Crippen LogP contribution in [0.15, 0.2) is 0 Å². The van der Waals surface area contributed by atoms with Crippen LogP contribution in [0.3, 0.4) is 0 Å². The second-order valence-corrected chi connectivity index (χ2v) is 6.11. The lowest BCUT2D eigenvalue weighted by Gasteiger charge is -2.31. The lowest BCUT2D eigenvalue weighted by atomic mass is 10.0. The molecule has 1 heterocycles. The zero-order valence-electron chi connectivity index (χ0n) is 12.9. The molecule has 21 heavy (non-hydrogen) atoms. The second-order valence-electron chi connectivity index (χ2n) is 6.11. The van der Waals surface area contributed by atoms with Gasteiger partial charge in [-0.1, -0.05) is 13.3 Å². The molecule has 118 valence electrons. The second kappa shape index (κ2) is 6.56. The van der Waals surface area contributed by atoms with Crippen molar-refractivity contribution < 1.29 is 14.4 Å². The monoisotopic (exact) mass is 295 g/mol.